The van der Waals surface area contributed by atoms with Crippen LogP contribution in [0.4, 0.5) is 0 Å². The Hall–Kier alpha value is -0.760. The maximum Gasteiger partial charge on any atom is 0.120 e. The molecule has 0 fully saturated rings. The Kier molecular flexibility index (Phi) is 3.97. The van der Waals surface area contributed by atoms with Crippen LogP contribution in [-0.4, -0.2) is 6.04 Å². The molecule has 1 rings (SSSR count). The Bertz CT molecular complexity index is 271. The van der Waals surface area contributed by atoms with E-state index in [0.717, 1.165) is 12.2 Å². The van der Waals surface area contributed by atoms with Gasteiger partial charge in [0, 0.05) is 6.04 Å². The summed E-state index contributed by atoms with van der Waals surface area (Å²) in [6.07, 6.45) is 2.86. The lowest BCUT2D eigenvalue weighted by molar-refractivity contribution is 0.234. The van der Waals surface area contributed by atoms with Gasteiger partial charge in [0.2, 0.25) is 0 Å². The lowest BCUT2D eigenvalue weighted by Crippen LogP contribution is -2.40. The highest BCUT2D eigenvalue weighted by atomic mass is 16.3. The van der Waals surface area contributed by atoms with E-state index in [-0.39, 0.29) is 11.5 Å². The lowest BCUT2D eigenvalue weighted by Gasteiger charge is -2.32. The second-order valence-electron chi connectivity index (χ2n) is 5.23. The van der Waals surface area contributed by atoms with Crippen molar-refractivity contribution in [3.8, 4) is 0 Å². The molecule has 1 heterocycles. The van der Waals surface area contributed by atoms with Gasteiger partial charge >= 0.3 is 0 Å². The van der Waals surface area contributed by atoms with E-state index in [0.29, 0.717) is 6.04 Å². The molecule has 0 aliphatic heterocycles. The van der Waals surface area contributed by atoms with Crippen molar-refractivity contribution in [2.75, 3.05) is 0 Å². The Morgan fingerprint density at radius 2 is 2.07 bits per heavy atom. The minimum absolute atomic E-state index is 0.282. The molecule has 0 aliphatic rings. The van der Waals surface area contributed by atoms with Crippen LogP contribution in [0.3, 0.4) is 0 Å². The Morgan fingerprint density at radius 1 is 1.40 bits per heavy atom. The van der Waals surface area contributed by atoms with Gasteiger partial charge in [0.25, 0.3) is 0 Å². The minimum atomic E-state index is 0.282. The van der Waals surface area contributed by atoms with E-state index < -0.39 is 0 Å². The first-order chi connectivity index (χ1) is 6.95. The third kappa shape index (κ3) is 3.38. The zero-order valence-electron chi connectivity index (χ0n) is 10.5. The quantitative estimate of drug-likeness (QED) is 0.817. The summed E-state index contributed by atoms with van der Waals surface area (Å²) in [5.74, 6) is 1.01. The standard InChI is InChI=1S/C13H23NO/c1-6-12(13(3,4)5)14-10(2)11-8-7-9-15-11/h7-10,12,14H,6H2,1-5H3. The van der Waals surface area contributed by atoms with Crippen LogP contribution in [0.5, 0.6) is 0 Å². The molecule has 0 saturated carbocycles. The molecule has 2 nitrogen and oxygen atoms in total. The molecule has 0 amide bonds. The van der Waals surface area contributed by atoms with Crippen LogP contribution in [0.25, 0.3) is 0 Å². The molecule has 15 heavy (non-hydrogen) atoms. The zero-order valence-corrected chi connectivity index (χ0v) is 10.5. The van der Waals surface area contributed by atoms with Gasteiger partial charge < -0.3 is 9.73 Å². The predicted octanol–water partition coefficient (Wildman–Crippen LogP) is 3.75. The van der Waals surface area contributed by atoms with Crippen LogP contribution in [0.15, 0.2) is 22.8 Å². The van der Waals surface area contributed by atoms with Gasteiger partial charge in [0.05, 0.1) is 12.3 Å². The fourth-order valence-electron chi connectivity index (χ4n) is 1.90. The highest BCUT2D eigenvalue weighted by molar-refractivity contribution is 5.03. The van der Waals surface area contributed by atoms with E-state index in [1.165, 1.54) is 0 Å². The molecule has 2 atom stereocenters. The number of nitrogens with one attached hydrogen (secondary N) is 1. The number of hydrogen-bond acceptors (Lipinski definition) is 2. The van der Waals surface area contributed by atoms with Crippen molar-refractivity contribution in [1.82, 2.24) is 5.32 Å². The predicted molar refractivity (Wildman–Crippen MR) is 63.8 cm³/mol. The van der Waals surface area contributed by atoms with Crippen molar-refractivity contribution >= 4 is 0 Å². The summed E-state index contributed by atoms with van der Waals surface area (Å²) in [7, 11) is 0. The van der Waals surface area contributed by atoms with E-state index in [9.17, 15) is 0 Å². The van der Waals surface area contributed by atoms with E-state index in [1.807, 2.05) is 12.1 Å². The molecule has 0 saturated heterocycles. The molecule has 86 valence electrons. The summed E-state index contributed by atoms with van der Waals surface area (Å²) >= 11 is 0. The average Bonchev–Trinajstić information content (AvgIpc) is 2.64. The largest absolute Gasteiger partial charge is 0.468 e. The summed E-state index contributed by atoms with van der Waals surface area (Å²) in [5.41, 5.74) is 0.287. The van der Waals surface area contributed by atoms with Crippen LogP contribution in [-0.2, 0) is 0 Å². The summed E-state index contributed by atoms with van der Waals surface area (Å²) < 4.78 is 5.39. The van der Waals surface area contributed by atoms with Crippen LogP contribution < -0.4 is 5.32 Å². The molecule has 1 N–H and O–H groups in total. The Labute approximate surface area is 93.1 Å². The van der Waals surface area contributed by atoms with Crippen molar-refractivity contribution in [3.63, 3.8) is 0 Å². The summed E-state index contributed by atoms with van der Waals surface area (Å²) in [4.78, 5) is 0. The van der Waals surface area contributed by atoms with Gasteiger partial charge in [0.15, 0.2) is 0 Å². The maximum atomic E-state index is 5.39. The van der Waals surface area contributed by atoms with Gasteiger partial charge in [0.1, 0.15) is 5.76 Å². The monoisotopic (exact) mass is 209 g/mol. The SMILES string of the molecule is CCC(NC(C)c1ccco1)C(C)(C)C. The van der Waals surface area contributed by atoms with Crippen molar-refractivity contribution in [2.24, 2.45) is 5.41 Å². The van der Waals surface area contributed by atoms with E-state index in [4.69, 9.17) is 4.42 Å². The topological polar surface area (TPSA) is 25.2 Å². The van der Waals surface area contributed by atoms with E-state index in [1.54, 1.807) is 6.26 Å². The van der Waals surface area contributed by atoms with E-state index in [2.05, 4.69) is 39.9 Å². The van der Waals surface area contributed by atoms with Crippen molar-refractivity contribution in [2.45, 2.75) is 53.1 Å². The van der Waals surface area contributed by atoms with Crippen LogP contribution in [0, 0.1) is 5.41 Å². The van der Waals surface area contributed by atoms with Gasteiger partial charge in [-0.2, -0.15) is 0 Å². The highest BCUT2D eigenvalue weighted by Gasteiger charge is 2.24. The Morgan fingerprint density at radius 3 is 2.47 bits per heavy atom. The van der Waals surface area contributed by atoms with Gasteiger partial charge in [-0.15, -0.1) is 0 Å². The smallest absolute Gasteiger partial charge is 0.120 e. The first-order valence-electron chi connectivity index (χ1n) is 5.74. The van der Waals surface area contributed by atoms with Crippen molar-refractivity contribution in [3.05, 3.63) is 24.2 Å². The molecule has 0 aromatic carbocycles. The van der Waals surface area contributed by atoms with Crippen LogP contribution in [0.1, 0.15) is 52.8 Å². The summed E-state index contributed by atoms with van der Waals surface area (Å²) in [6.45, 7) is 11.2. The lowest BCUT2D eigenvalue weighted by atomic mass is 9.84. The third-order valence-corrected chi connectivity index (χ3v) is 2.87. The van der Waals surface area contributed by atoms with Gasteiger partial charge in [-0.1, -0.05) is 27.7 Å². The highest BCUT2D eigenvalue weighted by Crippen LogP contribution is 2.24. The molecular weight excluding hydrogens is 186 g/mol. The van der Waals surface area contributed by atoms with E-state index >= 15 is 0 Å². The second-order valence-corrected chi connectivity index (χ2v) is 5.23. The molecule has 1 aromatic heterocycles. The number of furan rings is 1. The minimum Gasteiger partial charge on any atom is -0.468 e. The first kappa shape index (κ1) is 12.3. The van der Waals surface area contributed by atoms with Gasteiger partial charge in [-0.05, 0) is 30.9 Å². The van der Waals surface area contributed by atoms with Crippen molar-refractivity contribution < 1.29 is 4.42 Å². The molecule has 1 aromatic rings. The average molecular weight is 209 g/mol. The van der Waals surface area contributed by atoms with Gasteiger partial charge in [-0.3, -0.25) is 0 Å². The summed E-state index contributed by atoms with van der Waals surface area (Å²) in [6, 6.07) is 4.75. The van der Waals surface area contributed by atoms with Crippen molar-refractivity contribution in [1.29, 1.82) is 0 Å². The third-order valence-electron chi connectivity index (χ3n) is 2.87. The number of rotatable bonds is 4. The maximum absolute atomic E-state index is 5.39. The second kappa shape index (κ2) is 4.84. The van der Waals surface area contributed by atoms with Crippen LogP contribution in [0.2, 0.25) is 0 Å². The molecule has 0 spiro atoms. The zero-order chi connectivity index (χ0) is 11.5. The molecular formula is C13H23NO. The molecule has 0 bridgehead atoms. The first-order valence-corrected chi connectivity index (χ1v) is 5.74. The fourth-order valence-corrected chi connectivity index (χ4v) is 1.90. The molecule has 2 unspecified atom stereocenters. The number of hydrogen-bond donors (Lipinski definition) is 1. The molecule has 0 radical (unpaired) electrons. The normalized spacial score (nSPS) is 16.3. The fraction of sp³-hybridized carbons (Fsp3) is 0.692. The molecule has 2 heteroatoms. The van der Waals surface area contributed by atoms with Crippen LogP contribution >= 0.6 is 0 Å². The summed E-state index contributed by atoms with van der Waals surface area (Å²) in [5, 5.41) is 3.62. The molecule has 0 aliphatic carbocycles. The van der Waals surface area contributed by atoms with Gasteiger partial charge in [-0.25, -0.2) is 0 Å². The Balaban J connectivity index is 2.60.